The summed E-state index contributed by atoms with van der Waals surface area (Å²) in [6.45, 7) is 1.94. The maximum Gasteiger partial charge on any atom is 0.266 e. The molecular formula is C11H8BrClN2OS. The lowest BCUT2D eigenvalue weighted by molar-refractivity contribution is 0.103. The molecule has 0 saturated heterocycles. The largest absolute Gasteiger partial charge is 0.305 e. The van der Waals surface area contributed by atoms with Crippen molar-refractivity contribution in [1.29, 1.82) is 0 Å². The molecule has 0 bridgehead atoms. The van der Waals surface area contributed by atoms with E-state index in [9.17, 15) is 4.79 Å². The smallest absolute Gasteiger partial charge is 0.266 e. The van der Waals surface area contributed by atoms with Crippen LogP contribution in [0.25, 0.3) is 0 Å². The Labute approximate surface area is 116 Å². The third kappa shape index (κ3) is 2.86. The minimum absolute atomic E-state index is 0.204. The van der Waals surface area contributed by atoms with Crippen molar-refractivity contribution < 1.29 is 4.79 Å². The summed E-state index contributed by atoms with van der Waals surface area (Å²) in [5.74, 6) is 0.172. The van der Waals surface area contributed by atoms with Gasteiger partial charge in [-0.05, 0) is 46.6 Å². The Bertz CT molecular complexity index is 551. The van der Waals surface area contributed by atoms with Gasteiger partial charge in [0.25, 0.3) is 5.91 Å². The van der Waals surface area contributed by atoms with E-state index >= 15 is 0 Å². The quantitative estimate of drug-likeness (QED) is 0.899. The molecule has 1 N–H and O–H groups in total. The minimum atomic E-state index is -0.204. The van der Waals surface area contributed by atoms with Gasteiger partial charge in [-0.2, -0.15) is 0 Å². The van der Waals surface area contributed by atoms with Crippen LogP contribution in [0.2, 0.25) is 5.02 Å². The second kappa shape index (κ2) is 5.16. The lowest BCUT2D eigenvalue weighted by Gasteiger charge is -2.03. The minimum Gasteiger partial charge on any atom is -0.305 e. The van der Waals surface area contributed by atoms with Gasteiger partial charge in [0.15, 0.2) is 5.82 Å². The number of aromatic nitrogens is 1. The van der Waals surface area contributed by atoms with Crippen molar-refractivity contribution in [3.05, 3.63) is 43.6 Å². The lowest BCUT2D eigenvalue weighted by Crippen LogP contribution is -2.11. The van der Waals surface area contributed by atoms with Crippen molar-refractivity contribution in [2.75, 3.05) is 5.32 Å². The molecule has 2 aromatic rings. The Morgan fingerprint density at radius 2 is 2.35 bits per heavy atom. The van der Waals surface area contributed by atoms with Gasteiger partial charge < -0.3 is 5.32 Å². The normalized spacial score (nSPS) is 10.3. The van der Waals surface area contributed by atoms with Crippen LogP contribution < -0.4 is 5.32 Å². The maximum absolute atomic E-state index is 11.9. The van der Waals surface area contributed by atoms with Crippen LogP contribution in [-0.2, 0) is 0 Å². The van der Waals surface area contributed by atoms with E-state index in [1.54, 1.807) is 18.3 Å². The number of aryl methyl sites for hydroxylation is 1. The number of hydrogen-bond donors (Lipinski definition) is 1. The first-order valence-electron chi connectivity index (χ1n) is 4.75. The Hall–Kier alpha value is -0.910. The maximum atomic E-state index is 11.9. The van der Waals surface area contributed by atoms with Crippen molar-refractivity contribution in [2.24, 2.45) is 0 Å². The van der Waals surface area contributed by atoms with Crippen LogP contribution >= 0.6 is 38.9 Å². The predicted octanol–water partition coefficient (Wildman–Crippen LogP) is 4.12. The Kier molecular flexibility index (Phi) is 3.81. The molecule has 0 fully saturated rings. The molecule has 0 unspecified atom stereocenters. The van der Waals surface area contributed by atoms with Gasteiger partial charge in [0.1, 0.15) is 0 Å². The second-order valence-electron chi connectivity index (χ2n) is 3.36. The molecule has 6 heteroatoms. The van der Waals surface area contributed by atoms with E-state index in [2.05, 4.69) is 26.2 Å². The number of carbonyl (C=O) groups excluding carboxylic acids is 1. The summed E-state index contributed by atoms with van der Waals surface area (Å²) in [6, 6.07) is 5.21. The van der Waals surface area contributed by atoms with E-state index in [0.29, 0.717) is 15.7 Å². The van der Waals surface area contributed by atoms with Crippen molar-refractivity contribution in [2.45, 2.75) is 6.92 Å². The number of halogens is 2. The number of amides is 1. The first kappa shape index (κ1) is 12.5. The molecule has 0 aromatic carbocycles. The molecule has 0 aliphatic heterocycles. The molecule has 2 rings (SSSR count). The van der Waals surface area contributed by atoms with E-state index in [1.165, 1.54) is 11.3 Å². The highest BCUT2D eigenvalue weighted by atomic mass is 79.9. The first-order chi connectivity index (χ1) is 8.08. The molecule has 0 saturated carbocycles. The van der Waals surface area contributed by atoms with Gasteiger partial charge in [-0.3, -0.25) is 4.79 Å². The summed E-state index contributed by atoms with van der Waals surface area (Å²) in [4.78, 5) is 16.5. The van der Waals surface area contributed by atoms with Crippen LogP contribution in [-0.4, -0.2) is 10.9 Å². The number of nitrogens with one attached hydrogen (secondary N) is 1. The van der Waals surface area contributed by atoms with Gasteiger partial charge >= 0.3 is 0 Å². The average molecular weight is 332 g/mol. The van der Waals surface area contributed by atoms with E-state index in [-0.39, 0.29) is 5.91 Å². The van der Waals surface area contributed by atoms with Crippen LogP contribution in [0.1, 0.15) is 15.2 Å². The molecule has 3 nitrogen and oxygen atoms in total. The van der Waals surface area contributed by atoms with Crippen LogP contribution in [0.5, 0.6) is 0 Å². The van der Waals surface area contributed by atoms with E-state index in [0.717, 1.165) is 9.35 Å². The Morgan fingerprint density at radius 1 is 1.59 bits per heavy atom. The highest BCUT2D eigenvalue weighted by molar-refractivity contribution is 9.11. The number of hydrogen-bond acceptors (Lipinski definition) is 3. The van der Waals surface area contributed by atoms with Crippen LogP contribution in [0.4, 0.5) is 5.82 Å². The zero-order chi connectivity index (χ0) is 12.4. The summed E-state index contributed by atoms with van der Waals surface area (Å²) < 4.78 is 0.953. The molecule has 0 atom stereocenters. The monoisotopic (exact) mass is 330 g/mol. The number of nitrogens with zero attached hydrogens (tertiary/aromatic N) is 1. The topological polar surface area (TPSA) is 42.0 Å². The van der Waals surface area contributed by atoms with Crippen molar-refractivity contribution in [3.63, 3.8) is 0 Å². The molecule has 2 heterocycles. The highest BCUT2D eigenvalue weighted by Crippen LogP contribution is 2.28. The predicted molar refractivity (Wildman–Crippen MR) is 74.0 cm³/mol. The van der Waals surface area contributed by atoms with Gasteiger partial charge in [-0.25, -0.2) is 4.98 Å². The summed E-state index contributed by atoms with van der Waals surface area (Å²) in [7, 11) is 0. The SMILES string of the molecule is Cc1cc(C(=O)Nc2ncccc2Cl)sc1Br. The van der Waals surface area contributed by atoms with Gasteiger partial charge in [-0.1, -0.05) is 11.6 Å². The summed E-state index contributed by atoms with van der Waals surface area (Å²) >= 11 is 10.7. The van der Waals surface area contributed by atoms with Crippen LogP contribution in [0, 0.1) is 6.92 Å². The lowest BCUT2D eigenvalue weighted by atomic mass is 10.3. The van der Waals surface area contributed by atoms with Gasteiger partial charge in [0, 0.05) is 6.20 Å². The third-order valence-corrected chi connectivity index (χ3v) is 4.51. The zero-order valence-electron chi connectivity index (χ0n) is 8.83. The summed E-state index contributed by atoms with van der Waals surface area (Å²) in [6.07, 6.45) is 1.58. The molecule has 0 aliphatic rings. The van der Waals surface area contributed by atoms with Crippen molar-refractivity contribution in [3.8, 4) is 0 Å². The molecular weight excluding hydrogens is 324 g/mol. The van der Waals surface area contributed by atoms with E-state index in [4.69, 9.17) is 11.6 Å². The summed E-state index contributed by atoms with van der Waals surface area (Å²) in [5, 5.41) is 3.10. The fourth-order valence-corrected chi connectivity index (χ4v) is 2.82. The molecule has 1 amide bonds. The number of pyridine rings is 1. The molecule has 2 aromatic heterocycles. The van der Waals surface area contributed by atoms with Gasteiger partial charge in [0.2, 0.25) is 0 Å². The fraction of sp³-hybridized carbons (Fsp3) is 0.0909. The second-order valence-corrected chi connectivity index (χ2v) is 6.13. The standard InChI is InChI=1S/C11H8BrClN2OS/c1-6-5-8(17-9(6)12)11(16)15-10-7(13)3-2-4-14-10/h2-5H,1H3,(H,14,15,16). The Balaban J connectivity index is 2.20. The van der Waals surface area contributed by atoms with Crippen LogP contribution in [0.3, 0.4) is 0 Å². The van der Waals surface area contributed by atoms with Gasteiger partial charge in [0.05, 0.1) is 13.7 Å². The Morgan fingerprint density at radius 3 is 2.94 bits per heavy atom. The van der Waals surface area contributed by atoms with Crippen molar-refractivity contribution in [1.82, 2.24) is 4.98 Å². The first-order valence-corrected chi connectivity index (χ1v) is 6.74. The molecule has 17 heavy (non-hydrogen) atoms. The third-order valence-electron chi connectivity index (χ3n) is 2.07. The fourth-order valence-electron chi connectivity index (χ4n) is 1.22. The molecule has 88 valence electrons. The van der Waals surface area contributed by atoms with Crippen LogP contribution in [0.15, 0.2) is 28.2 Å². The number of thiophene rings is 1. The summed E-state index contributed by atoms with van der Waals surface area (Å²) in [5.41, 5.74) is 1.03. The molecule has 0 radical (unpaired) electrons. The molecule has 0 aliphatic carbocycles. The van der Waals surface area contributed by atoms with E-state index in [1.807, 2.05) is 13.0 Å². The van der Waals surface area contributed by atoms with E-state index < -0.39 is 0 Å². The molecule has 0 spiro atoms. The number of anilines is 1. The highest BCUT2D eigenvalue weighted by Gasteiger charge is 2.13. The number of rotatable bonds is 2. The number of carbonyl (C=O) groups is 1. The average Bonchev–Trinajstić information content (AvgIpc) is 2.63. The zero-order valence-corrected chi connectivity index (χ0v) is 12.0. The van der Waals surface area contributed by atoms with Gasteiger partial charge in [-0.15, -0.1) is 11.3 Å². The van der Waals surface area contributed by atoms with Crippen molar-refractivity contribution >= 4 is 50.6 Å².